The van der Waals surface area contributed by atoms with E-state index in [1.165, 1.54) is 11.8 Å². The number of fused-ring (bicyclic) bond motifs is 2. The highest BCUT2D eigenvalue weighted by atomic mass is 35.5. The number of thioether (sulfide) groups is 1. The maximum atomic E-state index is 13.2. The van der Waals surface area contributed by atoms with Crippen molar-refractivity contribution >= 4 is 45.9 Å². The monoisotopic (exact) mass is 479 g/mol. The number of para-hydroxylation sites is 1. The second-order valence-corrected chi connectivity index (χ2v) is 8.71. The summed E-state index contributed by atoms with van der Waals surface area (Å²) in [7, 11) is 0. The Bertz CT molecular complexity index is 1410. The van der Waals surface area contributed by atoms with Crippen LogP contribution in [0.2, 0.25) is 5.02 Å². The average molecular weight is 480 g/mol. The van der Waals surface area contributed by atoms with Crippen molar-refractivity contribution < 1.29 is 14.3 Å². The molecule has 7 nitrogen and oxygen atoms in total. The van der Waals surface area contributed by atoms with Crippen molar-refractivity contribution in [2.24, 2.45) is 0 Å². The lowest BCUT2D eigenvalue weighted by Crippen LogP contribution is -2.24. The van der Waals surface area contributed by atoms with Crippen LogP contribution in [0.25, 0.3) is 10.9 Å². The van der Waals surface area contributed by atoms with E-state index in [0.717, 1.165) is 5.56 Å². The Morgan fingerprint density at radius 2 is 1.85 bits per heavy atom. The third-order valence-corrected chi connectivity index (χ3v) is 6.30. The van der Waals surface area contributed by atoms with Gasteiger partial charge in [0.2, 0.25) is 12.7 Å². The number of nitrogens with zero attached hydrogens (tertiary/aromatic N) is 2. The largest absolute Gasteiger partial charge is 0.454 e. The number of aromatic nitrogens is 2. The van der Waals surface area contributed by atoms with Gasteiger partial charge in [-0.2, -0.15) is 0 Å². The molecule has 0 saturated heterocycles. The number of hydrogen-bond acceptors (Lipinski definition) is 6. The van der Waals surface area contributed by atoms with Crippen molar-refractivity contribution in [2.75, 3.05) is 17.9 Å². The van der Waals surface area contributed by atoms with Crippen molar-refractivity contribution in [3.05, 3.63) is 87.7 Å². The first-order valence-electron chi connectivity index (χ1n) is 10.1. The van der Waals surface area contributed by atoms with Gasteiger partial charge in [-0.15, -0.1) is 0 Å². The first kappa shape index (κ1) is 21.4. The molecule has 9 heteroatoms. The normalized spacial score (nSPS) is 12.2. The number of nitrogens with one attached hydrogen (secondary N) is 1. The highest BCUT2D eigenvalue weighted by molar-refractivity contribution is 7.99. The molecular weight excluding hydrogens is 462 g/mol. The van der Waals surface area contributed by atoms with Gasteiger partial charge in [0.05, 0.1) is 23.2 Å². The van der Waals surface area contributed by atoms with Gasteiger partial charge >= 0.3 is 0 Å². The molecule has 33 heavy (non-hydrogen) atoms. The Kier molecular flexibility index (Phi) is 5.93. The Morgan fingerprint density at radius 1 is 1.06 bits per heavy atom. The SMILES string of the molecule is O=C(CSc1nc2ccccc2c(=O)n1Cc1ccc(Cl)cc1)Nc1ccc2c(c1)OCO2. The van der Waals surface area contributed by atoms with Crippen molar-refractivity contribution in [3.8, 4) is 11.5 Å². The number of anilines is 1. The standard InChI is InChI=1S/C24H18ClN3O4S/c25-16-7-5-15(6-8-16)12-28-23(30)18-3-1-2-4-19(18)27-24(28)33-13-22(29)26-17-9-10-20-21(11-17)32-14-31-20/h1-11H,12-14H2,(H,26,29). The van der Waals surface area contributed by atoms with Gasteiger partial charge in [0.15, 0.2) is 16.7 Å². The molecule has 1 aromatic heterocycles. The summed E-state index contributed by atoms with van der Waals surface area (Å²) in [5.41, 5.74) is 1.95. The topological polar surface area (TPSA) is 82.5 Å². The maximum absolute atomic E-state index is 13.2. The molecule has 0 radical (unpaired) electrons. The molecule has 0 atom stereocenters. The van der Waals surface area contributed by atoms with Crippen molar-refractivity contribution in [1.82, 2.24) is 9.55 Å². The van der Waals surface area contributed by atoms with E-state index in [-0.39, 0.29) is 24.0 Å². The predicted molar refractivity (Wildman–Crippen MR) is 128 cm³/mol. The van der Waals surface area contributed by atoms with Crippen LogP contribution in [-0.2, 0) is 11.3 Å². The zero-order valence-electron chi connectivity index (χ0n) is 17.3. The average Bonchev–Trinajstić information content (AvgIpc) is 3.29. The number of rotatable bonds is 6. The Labute approximate surface area is 198 Å². The lowest BCUT2D eigenvalue weighted by atomic mass is 10.2. The van der Waals surface area contributed by atoms with Gasteiger partial charge in [0.25, 0.3) is 5.56 Å². The van der Waals surface area contributed by atoms with Gasteiger partial charge in [-0.3, -0.25) is 14.2 Å². The minimum absolute atomic E-state index is 0.0832. The summed E-state index contributed by atoms with van der Waals surface area (Å²) in [6.07, 6.45) is 0. The zero-order chi connectivity index (χ0) is 22.8. The lowest BCUT2D eigenvalue weighted by molar-refractivity contribution is -0.113. The van der Waals surface area contributed by atoms with Gasteiger partial charge in [0.1, 0.15) is 0 Å². The molecule has 5 rings (SSSR count). The first-order chi connectivity index (χ1) is 16.1. The molecule has 0 unspecified atom stereocenters. The van der Waals surface area contributed by atoms with E-state index in [9.17, 15) is 9.59 Å². The van der Waals surface area contributed by atoms with E-state index in [1.54, 1.807) is 47.0 Å². The summed E-state index contributed by atoms with van der Waals surface area (Å²) in [4.78, 5) is 30.5. The quantitative estimate of drug-likeness (QED) is 0.322. The fourth-order valence-corrected chi connectivity index (χ4v) is 4.40. The Morgan fingerprint density at radius 3 is 2.70 bits per heavy atom. The van der Waals surface area contributed by atoms with Gasteiger partial charge in [-0.25, -0.2) is 4.98 Å². The van der Waals surface area contributed by atoms with Gasteiger partial charge in [0, 0.05) is 16.8 Å². The second kappa shape index (κ2) is 9.17. The summed E-state index contributed by atoms with van der Waals surface area (Å²) in [5.74, 6) is 1.10. The predicted octanol–water partition coefficient (Wildman–Crippen LogP) is 4.56. The van der Waals surface area contributed by atoms with Crippen molar-refractivity contribution in [3.63, 3.8) is 0 Å². The van der Waals surface area contributed by atoms with Crippen LogP contribution in [0.15, 0.2) is 76.7 Å². The van der Waals surface area contributed by atoms with Crippen LogP contribution < -0.4 is 20.3 Å². The third-order valence-electron chi connectivity index (χ3n) is 5.07. The number of halogens is 1. The summed E-state index contributed by atoms with van der Waals surface area (Å²) in [5, 5.41) is 4.46. The second-order valence-electron chi connectivity index (χ2n) is 7.33. The van der Waals surface area contributed by atoms with Crippen LogP contribution in [0.5, 0.6) is 11.5 Å². The molecule has 166 valence electrons. The highest BCUT2D eigenvalue weighted by Gasteiger charge is 2.16. The summed E-state index contributed by atoms with van der Waals surface area (Å²) >= 11 is 7.20. The molecule has 0 saturated carbocycles. The number of carbonyl (C=O) groups is 1. The number of benzene rings is 3. The van der Waals surface area contributed by atoms with Gasteiger partial charge in [-0.05, 0) is 42.0 Å². The van der Waals surface area contributed by atoms with E-state index in [1.807, 2.05) is 24.3 Å². The van der Waals surface area contributed by atoms with Crippen LogP contribution in [0.1, 0.15) is 5.56 Å². The van der Waals surface area contributed by atoms with Crippen LogP contribution in [0.4, 0.5) is 5.69 Å². The molecule has 1 aliphatic heterocycles. The number of amides is 1. The maximum Gasteiger partial charge on any atom is 0.262 e. The fraction of sp³-hybridized carbons (Fsp3) is 0.125. The van der Waals surface area contributed by atoms with E-state index in [0.29, 0.717) is 44.8 Å². The number of ether oxygens (including phenoxy) is 2. The fourth-order valence-electron chi connectivity index (χ4n) is 3.47. The molecular formula is C24H18ClN3O4S. The summed E-state index contributed by atoms with van der Waals surface area (Å²) in [6, 6.07) is 19.7. The van der Waals surface area contributed by atoms with E-state index >= 15 is 0 Å². The zero-order valence-corrected chi connectivity index (χ0v) is 18.9. The summed E-state index contributed by atoms with van der Waals surface area (Å²) in [6.45, 7) is 0.487. The number of hydrogen-bond donors (Lipinski definition) is 1. The van der Waals surface area contributed by atoms with E-state index in [2.05, 4.69) is 10.3 Å². The van der Waals surface area contributed by atoms with Crippen LogP contribution in [0, 0.1) is 0 Å². The lowest BCUT2D eigenvalue weighted by Gasteiger charge is -2.13. The molecule has 0 fully saturated rings. The minimum Gasteiger partial charge on any atom is -0.454 e. The van der Waals surface area contributed by atoms with Gasteiger partial charge < -0.3 is 14.8 Å². The molecule has 0 bridgehead atoms. The molecule has 0 aliphatic carbocycles. The van der Waals surface area contributed by atoms with Crippen LogP contribution in [0.3, 0.4) is 0 Å². The third kappa shape index (κ3) is 4.67. The molecule has 1 N–H and O–H groups in total. The van der Waals surface area contributed by atoms with Crippen LogP contribution in [-0.4, -0.2) is 28.0 Å². The Balaban J connectivity index is 1.38. The Hall–Kier alpha value is -3.49. The van der Waals surface area contributed by atoms with Crippen molar-refractivity contribution in [2.45, 2.75) is 11.7 Å². The molecule has 1 aliphatic rings. The molecule has 0 spiro atoms. The van der Waals surface area contributed by atoms with E-state index in [4.69, 9.17) is 21.1 Å². The smallest absolute Gasteiger partial charge is 0.262 e. The highest BCUT2D eigenvalue weighted by Crippen LogP contribution is 2.34. The molecule has 4 aromatic rings. The van der Waals surface area contributed by atoms with Gasteiger partial charge in [-0.1, -0.05) is 47.6 Å². The molecule has 1 amide bonds. The minimum atomic E-state index is -0.223. The van der Waals surface area contributed by atoms with Crippen LogP contribution >= 0.6 is 23.4 Å². The first-order valence-corrected chi connectivity index (χ1v) is 11.5. The summed E-state index contributed by atoms with van der Waals surface area (Å²) < 4.78 is 12.2. The van der Waals surface area contributed by atoms with Crippen molar-refractivity contribution in [1.29, 1.82) is 0 Å². The molecule has 2 heterocycles. The number of carbonyl (C=O) groups excluding carboxylic acids is 1. The van der Waals surface area contributed by atoms with E-state index < -0.39 is 0 Å². The molecule has 3 aromatic carbocycles.